The third-order valence-corrected chi connectivity index (χ3v) is 5.80. The number of nitrogens with zero attached hydrogens (tertiary/aromatic N) is 3. The topological polar surface area (TPSA) is 101 Å². The molecule has 3 aromatic rings. The van der Waals surface area contributed by atoms with Gasteiger partial charge in [-0.1, -0.05) is 30.3 Å². The van der Waals surface area contributed by atoms with Crippen LogP contribution >= 0.6 is 0 Å². The number of benzene rings is 2. The van der Waals surface area contributed by atoms with E-state index in [4.69, 9.17) is 9.47 Å². The highest BCUT2D eigenvalue weighted by Gasteiger charge is 2.26. The molecule has 0 aliphatic carbocycles. The van der Waals surface area contributed by atoms with E-state index < -0.39 is 6.04 Å². The zero-order valence-corrected chi connectivity index (χ0v) is 18.4. The Morgan fingerprint density at radius 1 is 1.15 bits per heavy atom. The monoisotopic (exact) mass is 446 g/mol. The van der Waals surface area contributed by atoms with Gasteiger partial charge in [-0.2, -0.15) is 4.98 Å². The van der Waals surface area contributed by atoms with E-state index in [-0.39, 0.29) is 5.91 Å². The van der Waals surface area contributed by atoms with E-state index in [9.17, 15) is 4.79 Å². The second kappa shape index (κ2) is 9.33. The van der Waals surface area contributed by atoms with E-state index in [0.717, 1.165) is 48.8 Å². The summed E-state index contributed by atoms with van der Waals surface area (Å²) in [6, 6.07) is 15.1. The summed E-state index contributed by atoms with van der Waals surface area (Å²) < 4.78 is 11.1. The van der Waals surface area contributed by atoms with E-state index in [1.54, 1.807) is 13.3 Å². The fourth-order valence-corrected chi connectivity index (χ4v) is 4.01. The Hall–Kier alpha value is -3.85. The molecule has 0 saturated carbocycles. The Morgan fingerprint density at radius 3 is 2.76 bits per heavy atom. The SMILES string of the molecule is COc1cc(N2CCOCC2)ccc1Nc1ncc2c(n1)NC(c1ccccc1)C(=O)NC2. The number of rotatable bonds is 5. The van der Waals surface area contributed by atoms with Crippen molar-refractivity contribution < 1.29 is 14.3 Å². The summed E-state index contributed by atoms with van der Waals surface area (Å²) in [5.74, 6) is 1.63. The van der Waals surface area contributed by atoms with Crippen LogP contribution in [-0.2, 0) is 16.1 Å². The molecule has 2 aromatic carbocycles. The van der Waals surface area contributed by atoms with Crippen LogP contribution in [0.15, 0.2) is 54.7 Å². The van der Waals surface area contributed by atoms with Crippen LogP contribution in [0, 0.1) is 0 Å². The first-order valence-electron chi connectivity index (χ1n) is 10.9. The number of methoxy groups -OCH3 is 1. The minimum absolute atomic E-state index is 0.103. The number of carbonyl (C=O) groups excluding carboxylic acids is 1. The maximum atomic E-state index is 12.6. The molecule has 9 heteroatoms. The van der Waals surface area contributed by atoms with E-state index in [1.807, 2.05) is 48.5 Å². The third kappa shape index (κ3) is 4.54. The van der Waals surface area contributed by atoms with Crippen molar-refractivity contribution in [2.75, 3.05) is 48.9 Å². The van der Waals surface area contributed by atoms with Gasteiger partial charge in [-0.05, 0) is 17.7 Å². The molecular formula is C24H26N6O3. The van der Waals surface area contributed by atoms with Crippen molar-refractivity contribution in [3.63, 3.8) is 0 Å². The molecule has 170 valence electrons. The number of nitrogens with one attached hydrogen (secondary N) is 3. The quantitative estimate of drug-likeness (QED) is 0.550. The highest BCUT2D eigenvalue weighted by Crippen LogP contribution is 2.32. The van der Waals surface area contributed by atoms with Crippen LogP contribution < -0.4 is 25.6 Å². The van der Waals surface area contributed by atoms with Crippen molar-refractivity contribution in [3.8, 4) is 5.75 Å². The third-order valence-electron chi connectivity index (χ3n) is 5.80. The highest BCUT2D eigenvalue weighted by molar-refractivity contribution is 5.87. The number of fused-ring (bicyclic) bond motifs is 1. The van der Waals surface area contributed by atoms with Crippen molar-refractivity contribution in [1.29, 1.82) is 0 Å². The van der Waals surface area contributed by atoms with E-state index in [1.165, 1.54) is 0 Å². The molecule has 1 fully saturated rings. The van der Waals surface area contributed by atoms with Gasteiger partial charge in [0, 0.05) is 43.1 Å². The Morgan fingerprint density at radius 2 is 1.97 bits per heavy atom. The molecule has 1 saturated heterocycles. The summed E-state index contributed by atoms with van der Waals surface area (Å²) in [6.45, 7) is 3.51. The van der Waals surface area contributed by atoms with Crippen LogP contribution in [0.4, 0.5) is 23.1 Å². The predicted molar refractivity (Wildman–Crippen MR) is 126 cm³/mol. The summed E-state index contributed by atoms with van der Waals surface area (Å²) in [7, 11) is 1.64. The van der Waals surface area contributed by atoms with Gasteiger partial charge in [-0.25, -0.2) is 4.98 Å². The van der Waals surface area contributed by atoms with Gasteiger partial charge >= 0.3 is 0 Å². The maximum Gasteiger partial charge on any atom is 0.247 e. The molecule has 5 rings (SSSR count). The first-order valence-corrected chi connectivity index (χ1v) is 10.9. The fourth-order valence-electron chi connectivity index (χ4n) is 4.01. The number of anilines is 4. The summed E-state index contributed by atoms with van der Waals surface area (Å²) >= 11 is 0. The number of ether oxygens (including phenoxy) is 2. The minimum atomic E-state index is -0.530. The smallest absolute Gasteiger partial charge is 0.247 e. The predicted octanol–water partition coefficient (Wildman–Crippen LogP) is 2.85. The average Bonchev–Trinajstić information content (AvgIpc) is 3.04. The van der Waals surface area contributed by atoms with Crippen molar-refractivity contribution in [2.24, 2.45) is 0 Å². The normalized spacial score (nSPS) is 17.9. The van der Waals surface area contributed by atoms with Crippen LogP contribution in [0.3, 0.4) is 0 Å². The molecule has 0 bridgehead atoms. The zero-order valence-electron chi connectivity index (χ0n) is 18.4. The zero-order chi connectivity index (χ0) is 22.6. The van der Waals surface area contributed by atoms with Crippen LogP contribution in [0.5, 0.6) is 5.75 Å². The number of morpholine rings is 1. The molecular weight excluding hydrogens is 420 g/mol. The maximum absolute atomic E-state index is 12.6. The molecule has 1 atom stereocenters. The van der Waals surface area contributed by atoms with Crippen molar-refractivity contribution in [1.82, 2.24) is 15.3 Å². The molecule has 1 aromatic heterocycles. The number of amides is 1. The Balaban J connectivity index is 1.39. The first kappa shape index (κ1) is 21.0. The van der Waals surface area contributed by atoms with Crippen LogP contribution in [0.25, 0.3) is 0 Å². The molecule has 2 aliphatic rings. The van der Waals surface area contributed by atoms with E-state index in [0.29, 0.717) is 24.1 Å². The Labute approximate surface area is 192 Å². The first-order chi connectivity index (χ1) is 16.2. The molecule has 0 radical (unpaired) electrons. The number of hydrogen-bond acceptors (Lipinski definition) is 8. The van der Waals surface area contributed by atoms with Crippen molar-refractivity contribution in [3.05, 3.63) is 65.9 Å². The van der Waals surface area contributed by atoms with Crippen molar-refractivity contribution in [2.45, 2.75) is 12.6 Å². The Bertz CT molecular complexity index is 1130. The number of hydrogen-bond donors (Lipinski definition) is 3. The number of carbonyl (C=O) groups is 1. The molecule has 2 aliphatic heterocycles. The molecule has 3 N–H and O–H groups in total. The van der Waals surface area contributed by atoms with Gasteiger partial charge in [-0.15, -0.1) is 0 Å². The molecule has 1 amide bonds. The van der Waals surface area contributed by atoms with E-state index in [2.05, 4.69) is 30.8 Å². The summed E-state index contributed by atoms with van der Waals surface area (Å²) in [5, 5.41) is 9.47. The molecule has 0 spiro atoms. The molecule has 9 nitrogen and oxygen atoms in total. The molecule has 3 heterocycles. The lowest BCUT2D eigenvalue weighted by Crippen LogP contribution is -2.36. The standard InChI is InChI=1S/C24H26N6O3/c1-32-20-13-18(30-9-11-33-12-10-30)7-8-19(20)27-24-26-15-17-14-25-23(31)21(28-22(17)29-24)16-5-3-2-4-6-16/h2-8,13,15,21H,9-12,14H2,1H3,(H,25,31)(H2,26,27,28,29). The van der Waals surface area contributed by atoms with Gasteiger partial charge in [-0.3, -0.25) is 4.79 Å². The second-order valence-electron chi connectivity index (χ2n) is 7.88. The lowest BCUT2D eigenvalue weighted by Gasteiger charge is -2.29. The summed E-state index contributed by atoms with van der Waals surface area (Å²) in [5.41, 5.74) is 3.54. The number of aromatic nitrogens is 2. The van der Waals surface area contributed by atoms with Crippen molar-refractivity contribution >= 4 is 29.0 Å². The van der Waals surface area contributed by atoms with Gasteiger partial charge in [0.1, 0.15) is 17.6 Å². The second-order valence-corrected chi connectivity index (χ2v) is 7.88. The van der Waals surface area contributed by atoms with Crippen LogP contribution in [0.1, 0.15) is 17.2 Å². The van der Waals surface area contributed by atoms with Gasteiger partial charge in [0.15, 0.2) is 0 Å². The van der Waals surface area contributed by atoms with Crippen LogP contribution in [-0.4, -0.2) is 49.3 Å². The summed E-state index contributed by atoms with van der Waals surface area (Å²) in [6.07, 6.45) is 1.72. The lowest BCUT2D eigenvalue weighted by atomic mass is 10.1. The molecule has 1 unspecified atom stereocenters. The Kier molecular flexibility index (Phi) is 5.95. The van der Waals surface area contributed by atoms with Crippen LogP contribution in [0.2, 0.25) is 0 Å². The van der Waals surface area contributed by atoms with Gasteiger partial charge < -0.3 is 30.3 Å². The fraction of sp³-hybridized carbons (Fsp3) is 0.292. The average molecular weight is 447 g/mol. The largest absolute Gasteiger partial charge is 0.494 e. The van der Waals surface area contributed by atoms with E-state index >= 15 is 0 Å². The lowest BCUT2D eigenvalue weighted by molar-refractivity contribution is -0.122. The van der Waals surface area contributed by atoms with Gasteiger partial charge in [0.05, 0.1) is 26.0 Å². The van der Waals surface area contributed by atoms with Gasteiger partial charge in [0.25, 0.3) is 0 Å². The summed E-state index contributed by atoms with van der Waals surface area (Å²) in [4.78, 5) is 24.0. The molecule has 33 heavy (non-hydrogen) atoms. The highest BCUT2D eigenvalue weighted by atomic mass is 16.5. The minimum Gasteiger partial charge on any atom is -0.494 e. The van der Waals surface area contributed by atoms with Gasteiger partial charge in [0.2, 0.25) is 11.9 Å².